The number of benzene rings is 3. The maximum atomic E-state index is 11.4. The van der Waals surface area contributed by atoms with Gasteiger partial charge in [-0.15, -0.1) is 5.11 Å². The molecule has 4 heteroatoms. The van der Waals surface area contributed by atoms with E-state index >= 15 is 0 Å². The standard InChI is InChI=1S/C18H14N2O2/c1-13(21)22-18-16-10-6-5-7-14(16)11-12-17(18)20-19-15-8-3-2-4-9-15/h2-12H,1H3. The Bertz CT molecular complexity index is 842. The van der Waals surface area contributed by atoms with E-state index in [1.54, 1.807) is 6.07 Å². The van der Waals surface area contributed by atoms with Gasteiger partial charge in [-0.25, -0.2) is 0 Å². The third-order valence-electron chi connectivity index (χ3n) is 3.13. The van der Waals surface area contributed by atoms with E-state index in [1.807, 2.05) is 60.7 Å². The van der Waals surface area contributed by atoms with Gasteiger partial charge in [-0.2, -0.15) is 5.11 Å². The Morgan fingerprint density at radius 1 is 0.864 bits per heavy atom. The molecule has 108 valence electrons. The predicted octanol–water partition coefficient (Wildman–Crippen LogP) is 5.18. The average molecular weight is 290 g/mol. The molecule has 3 aromatic rings. The zero-order valence-corrected chi connectivity index (χ0v) is 12.1. The van der Waals surface area contributed by atoms with Crippen LogP contribution in [0.3, 0.4) is 0 Å². The molecule has 0 fully saturated rings. The number of esters is 1. The lowest BCUT2D eigenvalue weighted by Gasteiger charge is -2.08. The Morgan fingerprint density at radius 2 is 1.59 bits per heavy atom. The number of nitrogens with zero attached hydrogens (tertiary/aromatic N) is 2. The van der Waals surface area contributed by atoms with Crippen molar-refractivity contribution in [1.82, 2.24) is 0 Å². The summed E-state index contributed by atoms with van der Waals surface area (Å²) in [6.07, 6.45) is 0. The molecule has 0 bridgehead atoms. The lowest BCUT2D eigenvalue weighted by Crippen LogP contribution is -2.02. The zero-order valence-electron chi connectivity index (χ0n) is 12.1. The van der Waals surface area contributed by atoms with E-state index in [-0.39, 0.29) is 5.97 Å². The van der Waals surface area contributed by atoms with Gasteiger partial charge in [-0.1, -0.05) is 48.5 Å². The lowest BCUT2D eigenvalue weighted by atomic mass is 10.1. The van der Waals surface area contributed by atoms with Gasteiger partial charge in [-0.3, -0.25) is 4.79 Å². The monoisotopic (exact) mass is 290 g/mol. The predicted molar refractivity (Wildman–Crippen MR) is 85.9 cm³/mol. The average Bonchev–Trinajstić information content (AvgIpc) is 2.54. The summed E-state index contributed by atoms with van der Waals surface area (Å²) >= 11 is 0. The lowest BCUT2D eigenvalue weighted by molar-refractivity contribution is -0.131. The molecule has 0 aliphatic carbocycles. The van der Waals surface area contributed by atoms with Crippen molar-refractivity contribution in [3.63, 3.8) is 0 Å². The normalized spacial score (nSPS) is 11.0. The molecule has 0 aliphatic heterocycles. The third kappa shape index (κ3) is 3.01. The molecule has 0 aromatic heterocycles. The van der Waals surface area contributed by atoms with Crippen LogP contribution in [0.15, 0.2) is 77.0 Å². The molecule has 0 amide bonds. The molecule has 0 radical (unpaired) electrons. The Labute approximate surface area is 128 Å². The molecular weight excluding hydrogens is 276 g/mol. The summed E-state index contributed by atoms with van der Waals surface area (Å²) in [5.41, 5.74) is 1.27. The van der Waals surface area contributed by atoms with Crippen LogP contribution in [0, 0.1) is 0 Å². The van der Waals surface area contributed by atoms with Crippen molar-refractivity contribution in [2.24, 2.45) is 10.2 Å². The molecule has 3 rings (SSSR count). The fourth-order valence-corrected chi connectivity index (χ4v) is 2.17. The van der Waals surface area contributed by atoms with Crippen LogP contribution in [0.25, 0.3) is 10.8 Å². The van der Waals surface area contributed by atoms with Gasteiger partial charge in [0.25, 0.3) is 0 Å². The van der Waals surface area contributed by atoms with E-state index < -0.39 is 0 Å². The maximum absolute atomic E-state index is 11.4. The summed E-state index contributed by atoms with van der Waals surface area (Å²) in [5.74, 6) is 0.0535. The van der Waals surface area contributed by atoms with Crippen molar-refractivity contribution in [2.45, 2.75) is 6.92 Å². The van der Waals surface area contributed by atoms with Crippen LogP contribution in [-0.2, 0) is 4.79 Å². The van der Waals surface area contributed by atoms with Crippen molar-refractivity contribution in [1.29, 1.82) is 0 Å². The Kier molecular flexibility index (Phi) is 3.92. The molecule has 0 saturated carbocycles. The number of carbonyl (C=O) groups is 1. The Hall–Kier alpha value is -3.01. The molecule has 22 heavy (non-hydrogen) atoms. The summed E-state index contributed by atoms with van der Waals surface area (Å²) in [6, 6.07) is 20.8. The highest BCUT2D eigenvalue weighted by Gasteiger charge is 2.11. The topological polar surface area (TPSA) is 51.0 Å². The van der Waals surface area contributed by atoms with Crippen LogP contribution >= 0.6 is 0 Å². The first-order valence-electron chi connectivity index (χ1n) is 6.91. The van der Waals surface area contributed by atoms with Crippen molar-refractivity contribution < 1.29 is 9.53 Å². The van der Waals surface area contributed by atoms with Crippen LogP contribution in [0.5, 0.6) is 5.75 Å². The highest BCUT2D eigenvalue weighted by molar-refractivity contribution is 5.94. The highest BCUT2D eigenvalue weighted by atomic mass is 16.5. The molecule has 0 aliphatic rings. The van der Waals surface area contributed by atoms with Gasteiger partial charge >= 0.3 is 5.97 Å². The van der Waals surface area contributed by atoms with E-state index in [0.717, 1.165) is 16.5 Å². The Morgan fingerprint density at radius 3 is 2.36 bits per heavy atom. The summed E-state index contributed by atoms with van der Waals surface area (Å²) in [7, 11) is 0. The first kappa shape index (κ1) is 13.9. The van der Waals surface area contributed by atoms with Gasteiger partial charge in [0, 0.05) is 12.3 Å². The van der Waals surface area contributed by atoms with Crippen molar-refractivity contribution in [3.05, 3.63) is 66.7 Å². The van der Waals surface area contributed by atoms with Crippen LogP contribution < -0.4 is 4.74 Å². The van der Waals surface area contributed by atoms with Crippen molar-refractivity contribution in [3.8, 4) is 5.75 Å². The van der Waals surface area contributed by atoms with Crippen LogP contribution in [0.2, 0.25) is 0 Å². The smallest absolute Gasteiger partial charge is 0.308 e. The molecule has 3 aromatic carbocycles. The van der Waals surface area contributed by atoms with E-state index in [2.05, 4.69) is 10.2 Å². The summed E-state index contributed by atoms with van der Waals surface area (Å²) < 4.78 is 5.35. The number of fused-ring (bicyclic) bond motifs is 1. The largest absolute Gasteiger partial charge is 0.424 e. The van der Waals surface area contributed by atoms with Crippen LogP contribution in [-0.4, -0.2) is 5.97 Å². The van der Waals surface area contributed by atoms with Crippen LogP contribution in [0.4, 0.5) is 11.4 Å². The van der Waals surface area contributed by atoms with E-state index in [9.17, 15) is 4.79 Å². The second-order valence-corrected chi connectivity index (χ2v) is 4.76. The van der Waals surface area contributed by atoms with Gasteiger partial charge in [0.05, 0.1) is 5.69 Å². The van der Waals surface area contributed by atoms with Gasteiger partial charge in [-0.05, 0) is 23.6 Å². The fraction of sp³-hybridized carbons (Fsp3) is 0.0556. The molecular formula is C18H14N2O2. The minimum absolute atomic E-state index is 0.382. The first-order valence-corrected chi connectivity index (χ1v) is 6.91. The first-order chi connectivity index (χ1) is 10.7. The minimum Gasteiger partial charge on any atom is -0.424 e. The SMILES string of the molecule is CC(=O)Oc1c(N=Nc2ccccc2)ccc2ccccc12. The summed E-state index contributed by atoms with van der Waals surface area (Å²) in [4.78, 5) is 11.4. The van der Waals surface area contributed by atoms with Crippen molar-refractivity contribution >= 4 is 28.1 Å². The fourth-order valence-electron chi connectivity index (χ4n) is 2.17. The number of hydrogen-bond donors (Lipinski definition) is 0. The van der Waals surface area contributed by atoms with Crippen LogP contribution in [0.1, 0.15) is 6.92 Å². The molecule has 0 unspecified atom stereocenters. The molecule has 0 saturated heterocycles. The van der Waals surface area contributed by atoms with Gasteiger partial charge in [0.2, 0.25) is 0 Å². The molecule has 0 spiro atoms. The van der Waals surface area contributed by atoms with E-state index in [1.165, 1.54) is 6.92 Å². The van der Waals surface area contributed by atoms with Gasteiger partial charge < -0.3 is 4.74 Å². The van der Waals surface area contributed by atoms with E-state index in [0.29, 0.717) is 11.4 Å². The molecule has 0 heterocycles. The highest BCUT2D eigenvalue weighted by Crippen LogP contribution is 2.36. The number of azo groups is 1. The second-order valence-electron chi connectivity index (χ2n) is 4.76. The second kappa shape index (κ2) is 6.18. The van der Waals surface area contributed by atoms with Crippen molar-refractivity contribution in [2.75, 3.05) is 0 Å². The minimum atomic E-state index is -0.382. The zero-order chi connectivity index (χ0) is 15.4. The Balaban J connectivity index is 2.08. The maximum Gasteiger partial charge on any atom is 0.308 e. The van der Waals surface area contributed by atoms with Gasteiger partial charge in [0.1, 0.15) is 5.69 Å². The number of carbonyl (C=O) groups excluding carboxylic acids is 1. The van der Waals surface area contributed by atoms with Gasteiger partial charge in [0.15, 0.2) is 5.75 Å². The number of ether oxygens (including phenoxy) is 1. The molecule has 4 nitrogen and oxygen atoms in total. The molecule has 0 N–H and O–H groups in total. The molecule has 0 atom stereocenters. The third-order valence-corrected chi connectivity index (χ3v) is 3.13. The number of rotatable bonds is 3. The quantitative estimate of drug-likeness (QED) is 0.379. The summed E-state index contributed by atoms with van der Waals surface area (Å²) in [6.45, 7) is 1.37. The number of hydrogen-bond acceptors (Lipinski definition) is 4. The van der Waals surface area contributed by atoms with E-state index in [4.69, 9.17) is 4.74 Å². The summed E-state index contributed by atoms with van der Waals surface area (Å²) in [5, 5.41) is 10.2.